The molecule has 0 saturated carbocycles. The molecule has 0 spiro atoms. The van der Waals surface area contributed by atoms with Gasteiger partial charge in [0.15, 0.2) is 11.5 Å². The first kappa shape index (κ1) is 13.7. The predicted molar refractivity (Wildman–Crippen MR) is 73.2 cm³/mol. The van der Waals surface area contributed by atoms with Crippen molar-refractivity contribution in [2.24, 2.45) is 0 Å². The molecule has 1 aromatic carbocycles. The number of nitrogens with zero attached hydrogens (tertiary/aromatic N) is 1. The summed E-state index contributed by atoms with van der Waals surface area (Å²) in [6.07, 6.45) is 2.65. The van der Waals surface area contributed by atoms with Gasteiger partial charge in [0.1, 0.15) is 5.54 Å². The van der Waals surface area contributed by atoms with Crippen LogP contribution in [0.15, 0.2) is 18.2 Å². The molecule has 1 aliphatic rings. The topological polar surface area (TPSA) is 54.3 Å². The van der Waals surface area contributed by atoms with Crippen molar-refractivity contribution in [1.29, 1.82) is 5.26 Å². The van der Waals surface area contributed by atoms with Gasteiger partial charge in [-0.3, -0.25) is 5.32 Å². The maximum Gasteiger partial charge on any atom is 0.231 e. The molecular formula is C15H20N2O2. The van der Waals surface area contributed by atoms with E-state index >= 15 is 0 Å². The number of rotatable bonds is 6. The fraction of sp³-hybridized carbons (Fsp3) is 0.533. The van der Waals surface area contributed by atoms with Gasteiger partial charge in [-0.2, -0.15) is 5.26 Å². The summed E-state index contributed by atoms with van der Waals surface area (Å²) in [5.74, 6) is 1.61. The molecule has 0 amide bonds. The molecular weight excluding hydrogens is 240 g/mol. The van der Waals surface area contributed by atoms with Crippen LogP contribution in [0.5, 0.6) is 11.5 Å². The van der Waals surface area contributed by atoms with E-state index in [4.69, 9.17) is 9.47 Å². The average molecular weight is 260 g/mol. The van der Waals surface area contributed by atoms with E-state index in [2.05, 4.69) is 18.3 Å². The quantitative estimate of drug-likeness (QED) is 0.854. The molecule has 0 aromatic heterocycles. The van der Waals surface area contributed by atoms with Crippen molar-refractivity contribution in [2.75, 3.05) is 13.3 Å². The van der Waals surface area contributed by atoms with E-state index in [0.29, 0.717) is 6.79 Å². The lowest BCUT2D eigenvalue weighted by Gasteiger charge is -2.23. The number of nitrogens with one attached hydrogen (secondary N) is 1. The first-order valence-electron chi connectivity index (χ1n) is 6.72. The number of aryl methyl sites for hydroxylation is 1. The molecule has 1 aliphatic heterocycles. The molecule has 1 N–H and O–H groups in total. The van der Waals surface area contributed by atoms with Crippen molar-refractivity contribution < 1.29 is 9.47 Å². The Kier molecular flexibility index (Phi) is 4.28. The van der Waals surface area contributed by atoms with Crippen LogP contribution < -0.4 is 14.8 Å². The molecule has 1 heterocycles. The molecule has 4 nitrogen and oxygen atoms in total. The highest BCUT2D eigenvalue weighted by Gasteiger charge is 2.22. The van der Waals surface area contributed by atoms with E-state index < -0.39 is 5.54 Å². The van der Waals surface area contributed by atoms with Crippen molar-refractivity contribution in [3.05, 3.63) is 23.8 Å². The summed E-state index contributed by atoms with van der Waals surface area (Å²) in [4.78, 5) is 0. The van der Waals surface area contributed by atoms with Crippen LogP contribution in [0.25, 0.3) is 0 Å². The summed E-state index contributed by atoms with van der Waals surface area (Å²) in [5.41, 5.74) is 0.705. The molecule has 102 valence electrons. The number of nitriles is 1. The van der Waals surface area contributed by atoms with Crippen LogP contribution in [0.4, 0.5) is 0 Å². The summed E-state index contributed by atoms with van der Waals surface area (Å²) < 4.78 is 10.6. The zero-order chi connectivity index (χ0) is 13.7. The fourth-order valence-electron chi connectivity index (χ4n) is 2.08. The molecule has 4 heteroatoms. The Bertz CT molecular complexity index is 482. The number of benzene rings is 1. The number of ether oxygens (including phenoxy) is 2. The molecule has 0 fully saturated rings. The van der Waals surface area contributed by atoms with E-state index in [1.807, 2.05) is 25.1 Å². The van der Waals surface area contributed by atoms with E-state index in [-0.39, 0.29) is 0 Å². The SMILES string of the molecule is CCCNC(C)(C#N)CCc1ccc2c(c1)OCO2. The first-order valence-corrected chi connectivity index (χ1v) is 6.72. The number of hydrogen-bond acceptors (Lipinski definition) is 4. The smallest absolute Gasteiger partial charge is 0.231 e. The predicted octanol–water partition coefficient (Wildman–Crippen LogP) is 2.63. The Morgan fingerprint density at radius 2 is 2.16 bits per heavy atom. The van der Waals surface area contributed by atoms with E-state index in [1.54, 1.807) is 0 Å². The van der Waals surface area contributed by atoms with Crippen molar-refractivity contribution in [1.82, 2.24) is 5.32 Å². The zero-order valence-electron chi connectivity index (χ0n) is 11.5. The van der Waals surface area contributed by atoms with Gasteiger partial charge in [0, 0.05) is 0 Å². The van der Waals surface area contributed by atoms with E-state index in [9.17, 15) is 5.26 Å². The number of hydrogen-bond donors (Lipinski definition) is 1. The second-order valence-corrected chi connectivity index (χ2v) is 5.06. The molecule has 1 atom stereocenters. The number of fused-ring (bicyclic) bond motifs is 1. The highest BCUT2D eigenvalue weighted by Crippen LogP contribution is 2.33. The summed E-state index contributed by atoms with van der Waals surface area (Å²) in [5, 5.41) is 12.6. The third-order valence-corrected chi connectivity index (χ3v) is 3.36. The van der Waals surface area contributed by atoms with Crippen LogP contribution in [-0.4, -0.2) is 18.9 Å². The minimum absolute atomic E-state index is 0.298. The Morgan fingerprint density at radius 3 is 2.89 bits per heavy atom. The van der Waals surface area contributed by atoms with Gasteiger partial charge in [0.25, 0.3) is 0 Å². The Balaban J connectivity index is 1.96. The minimum Gasteiger partial charge on any atom is -0.454 e. The highest BCUT2D eigenvalue weighted by atomic mass is 16.7. The monoisotopic (exact) mass is 260 g/mol. The Morgan fingerprint density at radius 1 is 1.37 bits per heavy atom. The molecule has 0 aliphatic carbocycles. The van der Waals surface area contributed by atoms with Crippen molar-refractivity contribution in [3.63, 3.8) is 0 Å². The van der Waals surface area contributed by atoms with Crippen LogP contribution in [0.3, 0.4) is 0 Å². The maximum absolute atomic E-state index is 9.29. The normalized spacial score (nSPS) is 15.8. The lowest BCUT2D eigenvalue weighted by atomic mass is 9.94. The average Bonchev–Trinajstić information content (AvgIpc) is 2.90. The van der Waals surface area contributed by atoms with Gasteiger partial charge < -0.3 is 9.47 Å². The first-order chi connectivity index (χ1) is 9.17. The van der Waals surface area contributed by atoms with Gasteiger partial charge in [-0.05, 0) is 50.4 Å². The molecule has 2 rings (SSSR count). The molecule has 0 bridgehead atoms. The zero-order valence-corrected chi connectivity index (χ0v) is 11.5. The van der Waals surface area contributed by atoms with Gasteiger partial charge in [0.2, 0.25) is 6.79 Å². The van der Waals surface area contributed by atoms with Gasteiger partial charge in [-0.15, -0.1) is 0 Å². The Labute approximate surface area is 114 Å². The van der Waals surface area contributed by atoms with Gasteiger partial charge >= 0.3 is 0 Å². The van der Waals surface area contributed by atoms with Crippen LogP contribution in [0, 0.1) is 11.3 Å². The van der Waals surface area contributed by atoms with Crippen molar-refractivity contribution in [2.45, 2.75) is 38.6 Å². The molecule has 0 radical (unpaired) electrons. The molecule has 1 aromatic rings. The third kappa shape index (κ3) is 3.39. The molecule has 0 saturated heterocycles. The van der Waals surface area contributed by atoms with Gasteiger partial charge in [-0.1, -0.05) is 13.0 Å². The lowest BCUT2D eigenvalue weighted by Crippen LogP contribution is -2.41. The van der Waals surface area contributed by atoms with Gasteiger partial charge in [0.05, 0.1) is 6.07 Å². The maximum atomic E-state index is 9.29. The third-order valence-electron chi connectivity index (χ3n) is 3.36. The van der Waals surface area contributed by atoms with Crippen LogP contribution in [-0.2, 0) is 6.42 Å². The summed E-state index contributed by atoms with van der Waals surface area (Å²) in [6, 6.07) is 8.33. The van der Waals surface area contributed by atoms with Crippen LogP contribution >= 0.6 is 0 Å². The minimum atomic E-state index is -0.466. The Hall–Kier alpha value is -1.73. The van der Waals surface area contributed by atoms with Crippen molar-refractivity contribution in [3.8, 4) is 17.6 Å². The highest BCUT2D eigenvalue weighted by molar-refractivity contribution is 5.44. The standard InChI is InChI=1S/C15H20N2O2/c1-3-8-17-15(2,10-16)7-6-12-4-5-13-14(9-12)19-11-18-13/h4-5,9,17H,3,6-8,11H2,1-2H3. The molecule has 19 heavy (non-hydrogen) atoms. The van der Waals surface area contributed by atoms with Gasteiger partial charge in [-0.25, -0.2) is 0 Å². The van der Waals surface area contributed by atoms with Crippen LogP contribution in [0.1, 0.15) is 32.3 Å². The lowest BCUT2D eigenvalue weighted by molar-refractivity contribution is 0.174. The largest absolute Gasteiger partial charge is 0.454 e. The molecule has 1 unspecified atom stereocenters. The fourth-order valence-corrected chi connectivity index (χ4v) is 2.08. The second kappa shape index (κ2) is 5.94. The summed E-state index contributed by atoms with van der Waals surface area (Å²) in [6.45, 7) is 5.22. The van der Waals surface area contributed by atoms with E-state index in [1.165, 1.54) is 5.56 Å². The van der Waals surface area contributed by atoms with E-state index in [0.717, 1.165) is 37.3 Å². The van der Waals surface area contributed by atoms with Crippen LogP contribution in [0.2, 0.25) is 0 Å². The van der Waals surface area contributed by atoms with Crippen molar-refractivity contribution >= 4 is 0 Å². The summed E-state index contributed by atoms with van der Waals surface area (Å²) >= 11 is 0. The second-order valence-electron chi connectivity index (χ2n) is 5.06. The summed E-state index contributed by atoms with van der Waals surface area (Å²) in [7, 11) is 0.